The lowest BCUT2D eigenvalue weighted by Crippen LogP contribution is -2.59. The number of pyridine rings is 1. The van der Waals surface area contributed by atoms with Crippen LogP contribution in [-0.4, -0.2) is 83.7 Å². The molecule has 5 rings (SSSR count). The Balaban J connectivity index is 1.37. The standard InChI is InChI=1S/C29H35F2N5O5/c1-29(2,3)41-28(37)36-18-7-8-22(36)27(31)23(11-18)35(4)25-14-32-21(13-33-25)19-10-17-6-9-26(39-15-30)34-20(17)12-24(19)40-16-38-5/h6,9-10,12-14,18,22-23,27H,7-8,11,15-16H2,1-5H3/t18-,22+,23-,27+/m1/s1. The van der Waals surface area contributed by atoms with Crippen LogP contribution in [0.1, 0.15) is 40.0 Å². The van der Waals surface area contributed by atoms with Crippen LogP contribution in [0.4, 0.5) is 19.4 Å². The highest BCUT2D eigenvalue weighted by Gasteiger charge is 2.52. The van der Waals surface area contributed by atoms with Gasteiger partial charge in [-0.2, -0.15) is 0 Å². The van der Waals surface area contributed by atoms with Gasteiger partial charge in [0, 0.05) is 43.3 Å². The first-order valence-corrected chi connectivity index (χ1v) is 13.6. The van der Waals surface area contributed by atoms with Gasteiger partial charge in [-0.1, -0.05) is 0 Å². The Hall–Kier alpha value is -3.80. The van der Waals surface area contributed by atoms with Crippen LogP contribution in [-0.2, 0) is 9.47 Å². The molecule has 0 N–H and O–H groups in total. The molecule has 2 aliphatic heterocycles. The first-order chi connectivity index (χ1) is 19.6. The van der Waals surface area contributed by atoms with Crippen molar-refractivity contribution in [3.63, 3.8) is 0 Å². The van der Waals surface area contributed by atoms with E-state index in [2.05, 4.69) is 15.0 Å². The summed E-state index contributed by atoms with van der Waals surface area (Å²) < 4.78 is 49.8. The Bertz CT molecular complexity index is 1390. The molecule has 2 aromatic heterocycles. The van der Waals surface area contributed by atoms with Gasteiger partial charge in [0.15, 0.2) is 6.79 Å². The number of piperidine rings is 1. The van der Waals surface area contributed by atoms with Gasteiger partial charge in [-0.25, -0.2) is 23.5 Å². The number of carbonyl (C=O) groups is 1. The number of hydrogen-bond donors (Lipinski definition) is 0. The summed E-state index contributed by atoms with van der Waals surface area (Å²) in [5.41, 5.74) is 1.10. The lowest BCUT2D eigenvalue weighted by molar-refractivity contribution is -0.0104. The minimum absolute atomic E-state index is 0.00432. The van der Waals surface area contributed by atoms with Crippen molar-refractivity contribution in [2.24, 2.45) is 0 Å². The van der Waals surface area contributed by atoms with Gasteiger partial charge in [0.2, 0.25) is 12.7 Å². The fourth-order valence-corrected chi connectivity index (χ4v) is 5.62. The van der Waals surface area contributed by atoms with Crippen molar-refractivity contribution >= 4 is 22.8 Å². The first-order valence-electron chi connectivity index (χ1n) is 13.6. The lowest BCUT2D eigenvalue weighted by atomic mass is 9.94. The fraction of sp³-hybridized carbons (Fsp3) is 0.517. The number of amides is 1. The lowest BCUT2D eigenvalue weighted by Gasteiger charge is -2.44. The largest absolute Gasteiger partial charge is 0.467 e. The number of nitrogens with zero attached hydrogens (tertiary/aromatic N) is 5. The summed E-state index contributed by atoms with van der Waals surface area (Å²) in [7, 11) is 3.31. The maximum atomic E-state index is 15.9. The van der Waals surface area contributed by atoms with Gasteiger partial charge in [0.05, 0.1) is 35.7 Å². The van der Waals surface area contributed by atoms with E-state index in [1.54, 1.807) is 47.4 Å². The Labute approximate surface area is 237 Å². The molecule has 10 nitrogen and oxygen atoms in total. The molecule has 0 saturated carbocycles. The highest BCUT2D eigenvalue weighted by atomic mass is 19.1. The minimum Gasteiger partial charge on any atom is -0.467 e. The van der Waals surface area contributed by atoms with Gasteiger partial charge >= 0.3 is 6.09 Å². The van der Waals surface area contributed by atoms with E-state index in [9.17, 15) is 9.18 Å². The second-order valence-corrected chi connectivity index (χ2v) is 11.3. The molecule has 2 saturated heterocycles. The molecule has 1 amide bonds. The monoisotopic (exact) mass is 571 g/mol. The van der Waals surface area contributed by atoms with Crippen molar-refractivity contribution in [1.82, 2.24) is 19.9 Å². The van der Waals surface area contributed by atoms with Crippen molar-refractivity contribution in [2.45, 2.75) is 69.9 Å². The van der Waals surface area contributed by atoms with Gasteiger partial charge < -0.3 is 23.8 Å². The van der Waals surface area contributed by atoms with Crippen LogP contribution in [0.2, 0.25) is 0 Å². The van der Waals surface area contributed by atoms with Crippen molar-refractivity contribution in [3.8, 4) is 22.9 Å². The summed E-state index contributed by atoms with van der Waals surface area (Å²) in [4.78, 5) is 29.8. The predicted octanol–water partition coefficient (Wildman–Crippen LogP) is 5.30. The number of methoxy groups -OCH3 is 1. The molecule has 41 heavy (non-hydrogen) atoms. The molecule has 12 heteroatoms. The van der Waals surface area contributed by atoms with E-state index in [1.165, 1.54) is 7.11 Å². The van der Waals surface area contributed by atoms with E-state index >= 15 is 4.39 Å². The van der Waals surface area contributed by atoms with Crippen LogP contribution in [0.25, 0.3) is 22.2 Å². The van der Waals surface area contributed by atoms with E-state index < -0.39 is 36.8 Å². The van der Waals surface area contributed by atoms with Gasteiger partial charge in [-0.15, -0.1) is 0 Å². The molecule has 4 atom stereocenters. The number of rotatable bonds is 8. The average molecular weight is 572 g/mol. The van der Waals surface area contributed by atoms with Crippen molar-refractivity contribution < 1.29 is 32.5 Å². The SMILES string of the molecule is COCOc1cc2nc(OCF)ccc2cc1-c1cnc(N(C)[C@@H]2C[C@H]3CC[C@@H]([C@@H]2F)N3C(=O)OC(C)(C)C)cn1. The zero-order valence-corrected chi connectivity index (χ0v) is 23.8. The summed E-state index contributed by atoms with van der Waals surface area (Å²) in [6, 6.07) is 5.82. The number of aromatic nitrogens is 3. The van der Waals surface area contributed by atoms with Gasteiger partial charge in [0.25, 0.3) is 0 Å². The molecular weight excluding hydrogens is 536 g/mol. The van der Waals surface area contributed by atoms with E-state index in [0.717, 1.165) is 11.8 Å². The quantitative estimate of drug-likeness (QED) is 0.334. The maximum Gasteiger partial charge on any atom is 0.410 e. The van der Waals surface area contributed by atoms with E-state index in [-0.39, 0.29) is 18.7 Å². The van der Waals surface area contributed by atoms with Crippen molar-refractivity contribution in [1.29, 1.82) is 0 Å². The molecular formula is C29H35F2N5O5. The summed E-state index contributed by atoms with van der Waals surface area (Å²) in [5, 5.41) is 0.770. The number of carbonyl (C=O) groups excluding carboxylic acids is 1. The van der Waals surface area contributed by atoms with Crippen molar-refractivity contribution in [3.05, 3.63) is 36.7 Å². The summed E-state index contributed by atoms with van der Waals surface area (Å²) in [5.74, 6) is 1.13. The third-order valence-corrected chi connectivity index (χ3v) is 7.47. The molecule has 0 radical (unpaired) electrons. The summed E-state index contributed by atoms with van der Waals surface area (Å²) >= 11 is 0. The van der Waals surface area contributed by atoms with Crippen LogP contribution in [0.5, 0.6) is 11.6 Å². The predicted molar refractivity (Wildman–Crippen MR) is 148 cm³/mol. The molecule has 2 aliphatic rings. The zero-order valence-electron chi connectivity index (χ0n) is 23.8. The number of halogens is 2. The average Bonchev–Trinajstić information content (AvgIpc) is 3.29. The van der Waals surface area contributed by atoms with Crippen LogP contribution in [0, 0.1) is 0 Å². The number of alkyl halides is 2. The second kappa shape index (κ2) is 11.6. The van der Waals surface area contributed by atoms with Crippen molar-refractivity contribution in [2.75, 3.05) is 32.7 Å². The third kappa shape index (κ3) is 5.97. The normalized spacial score (nSPS) is 22.1. The van der Waals surface area contributed by atoms with Gasteiger partial charge in [0.1, 0.15) is 23.3 Å². The molecule has 220 valence electrons. The van der Waals surface area contributed by atoms with E-state index in [1.807, 2.05) is 26.8 Å². The molecule has 4 heterocycles. The zero-order chi connectivity index (χ0) is 29.3. The molecule has 3 aromatic rings. The fourth-order valence-electron chi connectivity index (χ4n) is 5.62. The van der Waals surface area contributed by atoms with Gasteiger partial charge in [-0.05, 0) is 52.2 Å². The van der Waals surface area contributed by atoms with E-state index in [4.69, 9.17) is 18.9 Å². The topological polar surface area (TPSA) is 99.1 Å². The Morgan fingerprint density at radius 1 is 1.15 bits per heavy atom. The number of hydrogen-bond acceptors (Lipinski definition) is 9. The Morgan fingerprint density at radius 3 is 2.63 bits per heavy atom. The third-order valence-electron chi connectivity index (χ3n) is 7.47. The summed E-state index contributed by atoms with van der Waals surface area (Å²) in [6.07, 6.45) is 3.30. The minimum atomic E-state index is -1.26. The first kappa shape index (κ1) is 28.7. The van der Waals surface area contributed by atoms with Gasteiger partial charge in [-0.3, -0.25) is 9.88 Å². The molecule has 1 aromatic carbocycles. The number of fused-ring (bicyclic) bond motifs is 3. The Morgan fingerprint density at radius 2 is 1.95 bits per heavy atom. The molecule has 0 unspecified atom stereocenters. The number of ether oxygens (including phenoxy) is 4. The highest BCUT2D eigenvalue weighted by molar-refractivity contribution is 5.87. The number of anilines is 1. The Kier molecular flexibility index (Phi) is 8.12. The van der Waals surface area contributed by atoms with E-state index in [0.29, 0.717) is 41.2 Å². The van der Waals surface area contributed by atoms with Crippen LogP contribution in [0.3, 0.4) is 0 Å². The highest BCUT2D eigenvalue weighted by Crippen LogP contribution is 2.41. The maximum absolute atomic E-state index is 15.9. The summed E-state index contributed by atoms with van der Waals surface area (Å²) in [6.45, 7) is 4.44. The smallest absolute Gasteiger partial charge is 0.410 e. The van der Waals surface area contributed by atoms with Crippen LogP contribution >= 0.6 is 0 Å². The second-order valence-electron chi connectivity index (χ2n) is 11.3. The number of benzene rings is 1. The molecule has 0 spiro atoms. The molecule has 0 aliphatic carbocycles. The molecule has 2 bridgehead atoms. The molecule has 2 fully saturated rings. The van der Waals surface area contributed by atoms with Crippen LogP contribution in [0.15, 0.2) is 36.7 Å². The van der Waals surface area contributed by atoms with Crippen LogP contribution < -0.4 is 14.4 Å².